The highest BCUT2D eigenvalue weighted by atomic mass is 79.9. The molecular weight excluding hydrogens is 314 g/mol. The van der Waals surface area contributed by atoms with Crippen LogP contribution in [0.5, 0.6) is 5.75 Å². The average Bonchev–Trinajstić information content (AvgIpc) is 2.46. The fourth-order valence-electron chi connectivity index (χ4n) is 2.63. The van der Waals surface area contributed by atoms with E-state index in [1.807, 2.05) is 12.1 Å². The fraction of sp³-hybridized carbons (Fsp3) is 0.294. The van der Waals surface area contributed by atoms with Crippen LogP contribution in [0.1, 0.15) is 24.1 Å². The summed E-state index contributed by atoms with van der Waals surface area (Å²) in [5.74, 6) is 1.44. The Morgan fingerprint density at radius 2 is 2.00 bits per heavy atom. The van der Waals surface area contributed by atoms with Gasteiger partial charge in [0, 0.05) is 21.6 Å². The first-order chi connectivity index (χ1) is 9.65. The van der Waals surface area contributed by atoms with Crippen molar-refractivity contribution in [1.82, 2.24) is 0 Å². The number of anilines is 1. The quantitative estimate of drug-likeness (QED) is 0.841. The van der Waals surface area contributed by atoms with E-state index >= 15 is 0 Å². The largest absolute Gasteiger partial charge is 0.493 e. The standard InChI is InChI=1S/C17H18BrNO/c1-11-9-13(7-8-15(11)18)19-17-12(2)10-20-16-6-4-3-5-14(16)17/h3-9,12,17,19H,10H2,1-2H3. The van der Waals surface area contributed by atoms with Crippen molar-refractivity contribution in [2.75, 3.05) is 11.9 Å². The summed E-state index contributed by atoms with van der Waals surface area (Å²) in [5, 5.41) is 3.65. The van der Waals surface area contributed by atoms with Crippen LogP contribution in [0.4, 0.5) is 5.69 Å². The summed E-state index contributed by atoms with van der Waals surface area (Å²) < 4.78 is 6.94. The van der Waals surface area contributed by atoms with Crippen LogP contribution in [0.2, 0.25) is 0 Å². The molecule has 0 spiro atoms. The number of rotatable bonds is 2. The molecule has 0 bridgehead atoms. The van der Waals surface area contributed by atoms with E-state index in [-0.39, 0.29) is 0 Å². The molecule has 0 amide bonds. The molecule has 1 aliphatic heterocycles. The molecular formula is C17H18BrNO. The van der Waals surface area contributed by atoms with E-state index in [9.17, 15) is 0 Å². The van der Waals surface area contributed by atoms with Gasteiger partial charge in [-0.05, 0) is 36.8 Å². The van der Waals surface area contributed by atoms with E-state index in [1.165, 1.54) is 11.1 Å². The van der Waals surface area contributed by atoms with Crippen LogP contribution in [0.15, 0.2) is 46.9 Å². The highest BCUT2D eigenvalue weighted by Gasteiger charge is 2.27. The molecule has 1 N–H and O–H groups in total. The molecule has 20 heavy (non-hydrogen) atoms. The number of fused-ring (bicyclic) bond motifs is 1. The molecule has 1 aliphatic rings. The molecule has 0 aromatic heterocycles. The van der Waals surface area contributed by atoms with E-state index in [0.29, 0.717) is 12.0 Å². The molecule has 2 unspecified atom stereocenters. The van der Waals surface area contributed by atoms with Gasteiger partial charge < -0.3 is 10.1 Å². The minimum atomic E-state index is 0.292. The molecule has 0 fully saturated rings. The van der Waals surface area contributed by atoms with E-state index in [2.05, 4.69) is 65.4 Å². The minimum absolute atomic E-state index is 0.292. The zero-order valence-corrected chi connectivity index (χ0v) is 13.3. The second-order valence-corrected chi connectivity index (χ2v) is 6.27. The SMILES string of the molecule is Cc1cc(NC2c3ccccc3OCC2C)ccc1Br. The van der Waals surface area contributed by atoms with Crippen LogP contribution >= 0.6 is 15.9 Å². The predicted molar refractivity (Wildman–Crippen MR) is 86.3 cm³/mol. The highest BCUT2D eigenvalue weighted by molar-refractivity contribution is 9.10. The number of hydrogen-bond acceptors (Lipinski definition) is 2. The van der Waals surface area contributed by atoms with E-state index < -0.39 is 0 Å². The van der Waals surface area contributed by atoms with Gasteiger partial charge in [0.2, 0.25) is 0 Å². The number of para-hydroxylation sites is 1. The van der Waals surface area contributed by atoms with Gasteiger partial charge in [-0.15, -0.1) is 0 Å². The van der Waals surface area contributed by atoms with Gasteiger partial charge in [-0.3, -0.25) is 0 Å². The average molecular weight is 332 g/mol. The van der Waals surface area contributed by atoms with Crippen molar-refractivity contribution in [3.05, 3.63) is 58.1 Å². The Balaban J connectivity index is 1.91. The lowest BCUT2D eigenvalue weighted by Gasteiger charge is -2.32. The lowest BCUT2D eigenvalue weighted by Crippen LogP contribution is -2.28. The van der Waals surface area contributed by atoms with Gasteiger partial charge in [-0.25, -0.2) is 0 Å². The molecule has 1 heterocycles. The van der Waals surface area contributed by atoms with Crippen molar-refractivity contribution >= 4 is 21.6 Å². The van der Waals surface area contributed by atoms with Crippen molar-refractivity contribution in [3.8, 4) is 5.75 Å². The summed E-state index contributed by atoms with van der Waals surface area (Å²) in [7, 11) is 0. The van der Waals surface area contributed by atoms with Crippen molar-refractivity contribution in [2.45, 2.75) is 19.9 Å². The Labute approximate surface area is 128 Å². The Kier molecular flexibility index (Phi) is 3.70. The van der Waals surface area contributed by atoms with E-state index in [4.69, 9.17) is 4.74 Å². The lowest BCUT2D eigenvalue weighted by molar-refractivity contribution is 0.214. The first kappa shape index (κ1) is 13.5. The second-order valence-electron chi connectivity index (χ2n) is 5.41. The van der Waals surface area contributed by atoms with Gasteiger partial charge in [-0.1, -0.05) is 41.1 Å². The first-order valence-electron chi connectivity index (χ1n) is 6.89. The third kappa shape index (κ3) is 2.55. The van der Waals surface area contributed by atoms with Gasteiger partial charge in [-0.2, -0.15) is 0 Å². The summed E-state index contributed by atoms with van der Waals surface area (Å²) >= 11 is 3.54. The zero-order chi connectivity index (χ0) is 14.1. The van der Waals surface area contributed by atoms with Crippen LogP contribution in [0, 0.1) is 12.8 Å². The third-order valence-corrected chi connectivity index (χ3v) is 4.69. The van der Waals surface area contributed by atoms with Crippen molar-refractivity contribution < 1.29 is 4.74 Å². The summed E-state index contributed by atoms with van der Waals surface area (Å²) in [6, 6.07) is 15.0. The molecule has 0 saturated carbocycles. The number of halogens is 1. The monoisotopic (exact) mass is 331 g/mol. The summed E-state index contributed by atoms with van der Waals surface area (Å²) in [5.41, 5.74) is 3.63. The molecule has 3 rings (SSSR count). The molecule has 0 aliphatic carbocycles. The number of hydrogen-bond donors (Lipinski definition) is 1. The summed E-state index contributed by atoms with van der Waals surface area (Å²) in [4.78, 5) is 0. The Morgan fingerprint density at radius 3 is 2.80 bits per heavy atom. The van der Waals surface area contributed by atoms with Crippen LogP contribution in [-0.2, 0) is 0 Å². The van der Waals surface area contributed by atoms with Gasteiger partial charge >= 0.3 is 0 Å². The number of aryl methyl sites for hydroxylation is 1. The third-order valence-electron chi connectivity index (χ3n) is 3.80. The number of benzene rings is 2. The zero-order valence-electron chi connectivity index (χ0n) is 11.7. The Morgan fingerprint density at radius 1 is 1.20 bits per heavy atom. The minimum Gasteiger partial charge on any atom is -0.493 e. The molecule has 104 valence electrons. The van der Waals surface area contributed by atoms with Gasteiger partial charge in [0.25, 0.3) is 0 Å². The predicted octanol–water partition coefficient (Wildman–Crippen LogP) is 4.94. The Hall–Kier alpha value is -1.48. The van der Waals surface area contributed by atoms with E-state index in [0.717, 1.165) is 22.5 Å². The molecule has 2 atom stereocenters. The molecule has 3 heteroatoms. The molecule has 2 aromatic rings. The Bertz CT molecular complexity index is 626. The smallest absolute Gasteiger partial charge is 0.124 e. The fourth-order valence-corrected chi connectivity index (χ4v) is 2.87. The van der Waals surface area contributed by atoms with Crippen LogP contribution in [-0.4, -0.2) is 6.61 Å². The molecule has 2 nitrogen and oxygen atoms in total. The first-order valence-corrected chi connectivity index (χ1v) is 7.69. The molecule has 0 radical (unpaired) electrons. The highest BCUT2D eigenvalue weighted by Crippen LogP contribution is 2.37. The van der Waals surface area contributed by atoms with Crippen molar-refractivity contribution in [3.63, 3.8) is 0 Å². The van der Waals surface area contributed by atoms with E-state index in [1.54, 1.807) is 0 Å². The maximum Gasteiger partial charge on any atom is 0.124 e. The lowest BCUT2D eigenvalue weighted by atomic mass is 9.92. The van der Waals surface area contributed by atoms with Crippen molar-refractivity contribution in [2.24, 2.45) is 5.92 Å². The molecule has 2 aromatic carbocycles. The van der Waals surface area contributed by atoms with Gasteiger partial charge in [0.15, 0.2) is 0 Å². The van der Waals surface area contributed by atoms with Crippen molar-refractivity contribution in [1.29, 1.82) is 0 Å². The maximum absolute atomic E-state index is 5.80. The molecule has 0 saturated heterocycles. The summed E-state index contributed by atoms with van der Waals surface area (Å²) in [6.45, 7) is 5.08. The number of nitrogens with one attached hydrogen (secondary N) is 1. The maximum atomic E-state index is 5.80. The van der Waals surface area contributed by atoms with Crippen LogP contribution in [0.25, 0.3) is 0 Å². The second kappa shape index (κ2) is 5.49. The van der Waals surface area contributed by atoms with Gasteiger partial charge in [0.05, 0.1) is 12.6 Å². The number of ether oxygens (including phenoxy) is 1. The van der Waals surface area contributed by atoms with Crippen LogP contribution < -0.4 is 10.1 Å². The topological polar surface area (TPSA) is 21.3 Å². The normalized spacial score (nSPS) is 20.9. The van der Waals surface area contributed by atoms with Gasteiger partial charge in [0.1, 0.15) is 5.75 Å². The summed E-state index contributed by atoms with van der Waals surface area (Å²) in [6.07, 6.45) is 0. The van der Waals surface area contributed by atoms with Crippen LogP contribution in [0.3, 0.4) is 0 Å².